The largest absolute Gasteiger partial charge is 0.355 e. The van der Waals surface area contributed by atoms with Gasteiger partial charge in [0.15, 0.2) is 0 Å². The van der Waals surface area contributed by atoms with E-state index in [9.17, 15) is 17.6 Å². The zero-order valence-electron chi connectivity index (χ0n) is 19.0. The first-order chi connectivity index (χ1) is 15.7. The first kappa shape index (κ1) is 24.6. The highest BCUT2D eigenvalue weighted by Crippen LogP contribution is 2.16. The summed E-state index contributed by atoms with van der Waals surface area (Å²) in [5.74, 6) is -1.63. The molecule has 0 aliphatic rings. The Kier molecular flexibility index (Phi) is 7.99. The van der Waals surface area contributed by atoms with Gasteiger partial charge >= 0.3 is 0 Å². The van der Waals surface area contributed by atoms with Crippen LogP contribution in [0.2, 0.25) is 0 Å². The topological polar surface area (TPSA) is 93.1 Å². The molecule has 3 aromatic rings. The summed E-state index contributed by atoms with van der Waals surface area (Å²) < 4.78 is 43.3. The lowest BCUT2D eigenvalue weighted by molar-refractivity contribution is -0.123. The maximum Gasteiger partial charge on any atom is 0.244 e. The van der Waals surface area contributed by atoms with Gasteiger partial charge in [0.1, 0.15) is 16.8 Å². The maximum absolute atomic E-state index is 14.0. The van der Waals surface area contributed by atoms with E-state index in [1.807, 2.05) is 48.1 Å². The molecule has 0 fully saturated rings. The number of aryl methyl sites for hydroxylation is 2. The number of aromatic nitrogens is 2. The highest BCUT2D eigenvalue weighted by molar-refractivity contribution is 7.89. The molecule has 9 heteroatoms. The van der Waals surface area contributed by atoms with Crippen molar-refractivity contribution in [3.63, 3.8) is 0 Å². The van der Waals surface area contributed by atoms with Crippen molar-refractivity contribution in [1.29, 1.82) is 0 Å². The molecule has 1 aromatic heterocycles. The van der Waals surface area contributed by atoms with Crippen LogP contribution in [0.25, 0.3) is 5.69 Å². The normalized spacial score (nSPS) is 12.6. The molecule has 1 amide bonds. The summed E-state index contributed by atoms with van der Waals surface area (Å²) >= 11 is 0. The van der Waals surface area contributed by atoms with Crippen LogP contribution in [-0.2, 0) is 21.2 Å². The average molecular weight is 473 g/mol. The van der Waals surface area contributed by atoms with Crippen LogP contribution in [0.5, 0.6) is 0 Å². The predicted octanol–water partition coefficient (Wildman–Crippen LogP) is 3.37. The first-order valence-electron chi connectivity index (χ1n) is 10.8. The van der Waals surface area contributed by atoms with Gasteiger partial charge < -0.3 is 5.32 Å². The van der Waals surface area contributed by atoms with E-state index in [4.69, 9.17) is 0 Å². The Balaban J connectivity index is 1.57. The fourth-order valence-electron chi connectivity index (χ4n) is 3.44. The lowest BCUT2D eigenvalue weighted by Crippen LogP contribution is -2.49. The second-order valence-electron chi connectivity index (χ2n) is 8.19. The Hall–Kier alpha value is -3.04. The van der Waals surface area contributed by atoms with E-state index in [1.54, 1.807) is 13.8 Å². The molecule has 3 rings (SSSR count). The molecule has 2 aromatic carbocycles. The molecule has 1 heterocycles. The molecule has 33 heavy (non-hydrogen) atoms. The number of sulfonamides is 1. The Morgan fingerprint density at radius 1 is 1.09 bits per heavy atom. The van der Waals surface area contributed by atoms with E-state index < -0.39 is 32.7 Å². The van der Waals surface area contributed by atoms with Crippen molar-refractivity contribution in [2.75, 3.05) is 6.54 Å². The molecule has 0 saturated carbocycles. The number of carbonyl (C=O) groups excluding carboxylic acids is 1. The molecular weight excluding hydrogens is 443 g/mol. The van der Waals surface area contributed by atoms with Crippen LogP contribution in [0, 0.1) is 18.7 Å². The molecule has 176 valence electrons. The molecule has 1 atom stereocenters. The molecule has 0 aliphatic carbocycles. The molecule has 7 nitrogen and oxygen atoms in total. The van der Waals surface area contributed by atoms with E-state index in [0.29, 0.717) is 19.4 Å². The molecule has 0 saturated heterocycles. The minimum absolute atomic E-state index is 0.321. The van der Waals surface area contributed by atoms with Gasteiger partial charge in [-0.05, 0) is 55.5 Å². The number of nitrogens with zero attached hydrogens (tertiary/aromatic N) is 2. The fraction of sp³-hybridized carbons (Fsp3) is 0.333. The summed E-state index contributed by atoms with van der Waals surface area (Å²) in [6.45, 7) is 5.78. The molecule has 0 radical (unpaired) electrons. The molecule has 0 bridgehead atoms. The van der Waals surface area contributed by atoms with E-state index in [0.717, 1.165) is 23.0 Å². The maximum atomic E-state index is 14.0. The van der Waals surface area contributed by atoms with Gasteiger partial charge in [-0.15, -0.1) is 0 Å². The van der Waals surface area contributed by atoms with Crippen molar-refractivity contribution in [2.45, 2.75) is 44.6 Å². The van der Waals surface area contributed by atoms with Gasteiger partial charge in [-0.25, -0.2) is 17.5 Å². The van der Waals surface area contributed by atoms with Crippen molar-refractivity contribution >= 4 is 15.9 Å². The summed E-state index contributed by atoms with van der Waals surface area (Å²) in [5.41, 5.74) is 2.97. The SMILES string of the molecule is Cc1nn(-c2ccccc2)cc1CCCNC(=O)[C@@H](NS(=O)(=O)c1ccccc1F)C(C)C. The Morgan fingerprint density at radius 2 is 1.76 bits per heavy atom. The van der Waals surface area contributed by atoms with Gasteiger partial charge in [0.2, 0.25) is 15.9 Å². The van der Waals surface area contributed by atoms with Gasteiger partial charge in [0, 0.05) is 12.7 Å². The standard InChI is InChI=1S/C24H29FN4O3S/c1-17(2)23(28-33(31,32)22-14-8-7-13-21(22)25)24(30)26-15-9-10-19-16-29(27-18(19)3)20-11-5-4-6-12-20/h4-8,11-14,16-17,23,28H,9-10,15H2,1-3H3,(H,26,30)/t23-/m0/s1. The van der Waals surface area contributed by atoms with Gasteiger partial charge in [0.05, 0.1) is 11.4 Å². The van der Waals surface area contributed by atoms with E-state index >= 15 is 0 Å². The zero-order valence-corrected chi connectivity index (χ0v) is 19.8. The van der Waals surface area contributed by atoms with Crippen LogP contribution >= 0.6 is 0 Å². The van der Waals surface area contributed by atoms with Crippen molar-refractivity contribution in [1.82, 2.24) is 19.8 Å². The minimum atomic E-state index is -4.18. The third kappa shape index (κ3) is 6.27. The monoisotopic (exact) mass is 472 g/mol. The molecule has 0 aliphatic heterocycles. The summed E-state index contributed by atoms with van der Waals surface area (Å²) in [7, 11) is -4.18. The Morgan fingerprint density at radius 3 is 2.42 bits per heavy atom. The fourth-order valence-corrected chi connectivity index (χ4v) is 4.86. The number of benzene rings is 2. The molecular formula is C24H29FN4O3S. The van der Waals surface area contributed by atoms with Crippen LogP contribution in [0.3, 0.4) is 0 Å². The third-order valence-electron chi connectivity index (χ3n) is 5.30. The van der Waals surface area contributed by atoms with Crippen LogP contribution in [0.15, 0.2) is 65.7 Å². The van der Waals surface area contributed by atoms with E-state index in [1.165, 1.54) is 18.2 Å². The molecule has 0 unspecified atom stereocenters. The Labute approximate surface area is 194 Å². The number of halogens is 1. The van der Waals surface area contributed by atoms with E-state index in [-0.39, 0.29) is 5.92 Å². The number of hydrogen-bond acceptors (Lipinski definition) is 4. The Bertz CT molecular complexity index is 1190. The summed E-state index contributed by atoms with van der Waals surface area (Å²) in [5, 5.41) is 7.34. The average Bonchev–Trinajstić information content (AvgIpc) is 3.16. The van der Waals surface area contributed by atoms with Crippen molar-refractivity contribution in [2.24, 2.45) is 5.92 Å². The van der Waals surface area contributed by atoms with Crippen LogP contribution in [0.1, 0.15) is 31.5 Å². The number of para-hydroxylation sites is 1. The van der Waals surface area contributed by atoms with Gasteiger partial charge in [-0.2, -0.15) is 9.82 Å². The predicted molar refractivity (Wildman–Crippen MR) is 125 cm³/mol. The number of carbonyl (C=O) groups is 1. The van der Waals surface area contributed by atoms with Gasteiger partial charge in [-0.1, -0.05) is 44.2 Å². The second kappa shape index (κ2) is 10.7. The molecule has 2 N–H and O–H groups in total. The summed E-state index contributed by atoms with van der Waals surface area (Å²) in [6, 6.07) is 13.9. The van der Waals surface area contributed by atoms with Gasteiger partial charge in [-0.3, -0.25) is 4.79 Å². The third-order valence-corrected chi connectivity index (χ3v) is 6.78. The number of nitrogens with one attached hydrogen (secondary N) is 2. The van der Waals surface area contributed by atoms with E-state index in [2.05, 4.69) is 15.1 Å². The first-order valence-corrected chi connectivity index (χ1v) is 12.3. The van der Waals surface area contributed by atoms with Gasteiger partial charge in [0.25, 0.3) is 0 Å². The minimum Gasteiger partial charge on any atom is -0.355 e. The van der Waals surface area contributed by atoms with Crippen LogP contribution in [-0.4, -0.2) is 36.7 Å². The lowest BCUT2D eigenvalue weighted by atomic mass is 10.0. The smallest absolute Gasteiger partial charge is 0.244 e. The van der Waals surface area contributed by atoms with Crippen LogP contribution in [0.4, 0.5) is 4.39 Å². The summed E-state index contributed by atoms with van der Waals surface area (Å²) in [4.78, 5) is 12.2. The number of rotatable bonds is 10. The summed E-state index contributed by atoms with van der Waals surface area (Å²) in [6.07, 6.45) is 3.36. The van der Waals surface area contributed by atoms with Crippen molar-refractivity contribution < 1.29 is 17.6 Å². The number of amides is 1. The highest BCUT2D eigenvalue weighted by atomic mass is 32.2. The molecule has 0 spiro atoms. The number of hydrogen-bond donors (Lipinski definition) is 2. The van der Waals surface area contributed by atoms with Crippen molar-refractivity contribution in [3.05, 3.63) is 77.9 Å². The quantitative estimate of drug-likeness (QED) is 0.443. The zero-order chi connectivity index (χ0) is 24.0. The van der Waals surface area contributed by atoms with Crippen molar-refractivity contribution in [3.8, 4) is 5.69 Å². The second-order valence-corrected chi connectivity index (χ2v) is 9.87. The lowest BCUT2D eigenvalue weighted by Gasteiger charge is -2.21. The highest BCUT2D eigenvalue weighted by Gasteiger charge is 2.29. The van der Waals surface area contributed by atoms with Crippen LogP contribution < -0.4 is 10.0 Å².